The van der Waals surface area contributed by atoms with Crippen molar-refractivity contribution in [2.45, 2.75) is 6.92 Å². The fraction of sp³-hybridized carbons (Fsp3) is 0.0476. The Kier molecular flexibility index (Phi) is 4.33. The van der Waals surface area contributed by atoms with Crippen molar-refractivity contribution >= 4 is 24.1 Å². The van der Waals surface area contributed by atoms with Crippen molar-refractivity contribution in [1.82, 2.24) is 9.78 Å². The quantitative estimate of drug-likeness (QED) is 0.736. The molecule has 0 bridgehead atoms. The highest BCUT2D eigenvalue weighted by atomic mass is 16.4. The third-order valence-electron chi connectivity index (χ3n) is 4.37. The standard InChI is InChI=1S/C21H16N4O3/c1-13-18(11-16-12-22-19(23-16)14-5-3-2-4-6-14)20(26)25(24-13)17-9-7-15(8-10-17)21(27)28/h2-12,24H,1H3,(H,27,28). The number of carbonyl (C=O) groups is 1. The minimum atomic E-state index is -1.01. The SMILES string of the molecule is Cc1[nH]n(-c2ccc(C(=O)O)cc2)c(=O)c1C=C1C=NC(c2ccccc2)=N1. The van der Waals surface area contributed by atoms with Crippen molar-refractivity contribution in [2.75, 3.05) is 0 Å². The first-order valence-corrected chi connectivity index (χ1v) is 8.58. The topological polar surface area (TPSA) is 99.8 Å². The lowest BCUT2D eigenvalue weighted by Crippen LogP contribution is -2.16. The van der Waals surface area contributed by atoms with Crippen LogP contribution in [-0.2, 0) is 0 Å². The van der Waals surface area contributed by atoms with Gasteiger partial charge in [-0.2, -0.15) is 0 Å². The molecule has 0 saturated heterocycles. The molecule has 2 heterocycles. The first-order chi connectivity index (χ1) is 13.5. The molecular formula is C21H16N4O3. The summed E-state index contributed by atoms with van der Waals surface area (Å²) >= 11 is 0. The van der Waals surface area contributed by atoms with Crippen LogP contribution in [0.5, 0.6) is 0 Å². The van der Waals surface area contributed by atoms with E-state index in [0.29, 0.717) is 28.5 Å². The maximum Gasteiger partial charge on any atom is 0.335 e. The molecule has 3 aromatic rings. The van der Waals surface area contributed by atoms with E-state index in [2.05, 4.69) is 15.1 Å². The molecule has 0 saturated carbocycles. The predicted molar refractivity (Wildman–Crippen MR) is 108 cm³/mol. The summed E-state index contributed by atoms with van der Waals surface area (Å²) in [5.41, 5.74) is 3.11. The van der Waals surface area contributed by atoms with Crippen molar-refractivity contribution in [3.63, 3.8) is 0 Å². The van der Waals surface area contributed by atoms with E-state index in [1.807, 2.05) is 30.3 Å². The molecule has 0 radical (unpaired) electrons. The van der Waals surface area contributed by atoms with Crippen LogP contribution in [0.1, 0.15) is 27.2 Å². The molecule has 7 nitrogen and oxygen atoms in total. The van der Waals surface area contributed by atoms with E-state index < -0.39 is 5.97 Å². The molecule has 138 valence electrons. The van der Waals surface area contributed by atoms with Gasteiger partial charge in [-0.3, -0.25) is 9.89 Å². The molecular weight excluding hydrogens is 356 g/mol. The van der Waals surface area contributed by atoms with E-state index in [0.717, 1.165) is 5.56 Å². The number of aliphatic imine (C=N–C) groups is 2. The third kappa shape index (κ3) is 3.21. The van der Waals surface area contributed by atoms with Crippen molar-refractivity contribution < 1.29 is 9.90 Å². The monoisotopic (exact) mass is 372 g/mol. The molecule has 7 heteroatoms. The summed E-state index contributed by atoms with van der Waals surface area (Å²) in [6, 6.07) is 15.7. The van der Waals surface area contributed by atoms with E-state index in [9.17, 15) is 9.59 Å². The molecule has 0 fully saturated rings. The smallest absolute Gasteiger partial charge is 0.335 e. The molecule has 1 aliphatic rings. The minimum Gasteiger partial charge on any atom is -0.478 e. The number of benzene rings is 2. The van der Waals surface area contributed by atoms with Crippen LogP contribution in [0.4, 0.5) is 0 Å². The number of hydrogen-bond donors (Lipinski definition) is 2. The maximum absolute atomic E-state index is 12.8. The number of aromatic amines is 1. The number of hydrogen-bond acceptors (Lipinski definition) is 4. The average molecular weight is 372 g/mol. The van der Waals surface area contributed by atoms with Gasteiger partial charge in [-0.25, -0.2) is 19.5 Å². The van der Waals surface area contributed by atoms with E-state index in [1.54, 1.807) is 31.3 Å². The molecule has 0 aliphatic carbocycles. The summed E-state index contributed by atoms with van der Waals surface area (Å²) in [4.78, 5) is 32.6. The number of nitrogens with zero attached hydrogens (tertiary/aromatic N) is 3. The third-order valence-corrected chi connectivity index (χ3v) is 4.37. The van der Waals surface area contributed by atoms with Gasteiger partial charge < -0.3 is 5.11 Å². The van der Waals surface area contributed by atoms with Crippen LogP contribution in [0.25, 0.3) is 11.8 Å². The number of amidine groups is 1. The molecule has 1 aliphatic heterocycles. The number of H-pyrrole nitrogens is 1. The summed E-state index contributed by atoms with van der Waals surface area (Å²) in [6.45, 7) is 1.80. The second-order valence-electron chi connectivity index (χ2n) is 6.27. The molecule has 28 heavy (non-hydrogen) atoms. The van der Waals surface area contributed by atoms with Crippen LogP contribution in [0.3, 0.4) is 0 Å². The van der Waals surface area contributed by atoms with Crippen LogP contribution in [0, 0.1) is 6.92 Å². The number of carboxylic acid groups (broad SMARTS) is 1. The fourth-order valence-electron chi connectivity index (χ4n) is 2.92. The van der Waals surface area contributed by atoms with Crippen molar-refractivity contribution in [2.24, 2.45) is 9.98 Å². The largest absolute Gasteiger partial charge is 0.478 e. The van der Waals surface area contributed by atoms with Crippen LogP contribution >= 0.6 is 0 Å². The van der Waals surface area contributed by atoms with Gasteiger partial charge >= 0.3 is 5.97 Å². The highest BCUT2D eigenvalue weighted by Crippen LogP contribution is 2.16. The second kappa shape index (κ2) is 6.96. The van der Waals surface area contributed by atoms with Gasteiger partial charge in [0.25, 0.3) is 5.56 Å². The van der Waals surface area contributed by atoms with Crippen molar-refractivity contribution in [1.29, 1.82) is 0 Å². The molecule has 4 rings (SSSR count). The summed E-state index contributed by atoms with van der Waals surface area (Å²) in [5.74, 6) is -0.413. The number of aryl methyl sites for hydroxylation is 1. The first kappa shape index (κ1) is 17.4. The Morgan fingerprint density at radius 1 is 1.11 bits per heavy atom. The Labute approximate surface area is 160 Å². The lowest BCUT2D eigenvalue weighted by Gasteiger charge is -2.01. The van der Waals surface area contributed by atoms with Gasteiger partial charge in [0.1, 0.15) is 0 Å². The van der Waals surface area contributed by atoms with Gasteiger partial charge in [0, 0.05) is 11.3 Å². The number of allylic oxidation sites excluding steroid dienone is 1. The Morgan fingerprint density at radius 2 is 1.82 bits per heavy atom. The van der Waals surface area contributed by atoms with Crippen LogP contribution in [0.2, 0.25) is 0 Å². The molecule has 2 aromatic carbocycles. The van der Waals surface area contributed by atoms with Crippen molar-refractivity contribution in [3.8, 4) is 5.69 Å². The van der Waals surface area contributed by atoms with Gasteiger partial charge in [-0.05, 0) is 37.3 Å². The van der Waals surface area contributed by atoms with Crippen LogP contribution in [-0.4, -0.2) is 32.9 Å². The van der Waals surface area contributed by atoms with Gasteiger partial charge in [0.15, 0.2) is 5.84 Å². The molecule has 0 amide bonds. The van der Waals surface area contributed by atoms with Crippen LogP contribution < -0.4 is 5.56 Å². The van der Waals surface area contributed by atoms with Gasteiger partial charge in [-0.15, -0.1) is 0 Å². The van der Waals surface area contributed by atoms with Gasteiger partial charge in [-0.1, -0.05) is 30.3 Å². The molecule has 1 aromatic heterocycles. The first-order valence-electron chi connectivity index (χ1n) is 8.58. The van der Waals surface area contributed by atoms with E-state index in [4.69, 9.17) is 5.11 Å². The number of aromatic nitrogens is 2. The second-order valence-corrected chi connectivity index (χ2v) is 6.27. The number of carboxylic acids is 1. The van der Waals surface area contributed by atoms with Crippen LogP contribution in [0.15, 0.2) is 75.1 Å². The minimum absolute atomic E-state index is 0.160. The lowest BCUT2D eigenvalue weighted by atomic mass is 10.2. The lowest BCUT2D eigenvalue weighted by molar-refractivity contribution is 0.0697. The van der Waals surface area contributed by atoms with Gasteiger partial charge in [0.2, 0.25) is 0 Å². The summed E-state index contributed by atoms with van der Waals surface area (Å²) in [7, 11) is 0. The number of aromatic carboxylic acids is 1. The molecule has 0 atom stereocenters. The number of nitrogens with one attached hydrogen (secondary N) is 1. The summed E-state index contributed by atoms with van der Waals surface area (Å²) < 4.78 is 1.38. The zero-order chi connectivity index (χ0) is 19.7. The Hall–Kier alpha value is -4.00. The van der Waals surface area contributed by atoms with E-state index in [1.165, 1.54) is 16.8 Å². The highest BCUT2D eigenvalue weighted by Gasteiger charge is 2.14. The molecule has 0 unspecified atom stereocenters. The Morgan fingerprint density at radius 3 is 2.50 bits per heavy atom. The summed E-state index contributed by atoms with van der Waals surface area (Å²) in [6.07, 6.45) is 3.32. The number of rotatable bonds is 4. The highest BCUT2D eigenvalue weighted by molar-refractivity contribution is 6.11. The predicted octanol–water partition coefficient (Wildman–Crippen LogP) is 3.04. The zero-order valence-corrected chi connectivity index (χ0v) is 15.0. The fourth-order valence-corrected chi connectivity index (χ4v) is 2.92. The molecule has 0 spiro atoms. The molecule has 2 N–H and O–H groups in total. The Balaban J connectivity index is 1.68. The van der Waals surface area contributed by atoms with E-state index >= 15 is 0 Å². The summed E-state index contributed by atoms with van der Waals surface area (Å²) in [5, 5.41) is 12.0. The maximum atomic E-state index is 12.8. The van der Waals surface area contributed by atoms with Gasteiger partial charge in [0.05, 0.1) is 28.7 Å². The normalized spacial score (nSPS) is 14.5. The Bertz CT molecular complexity index is 1200. The zero-order valence-electron chi connectivity index (χ0n) is 15.0. The average Bonchev–Trinajstić information content (AvgIpc) is 3.29. The van der Waals surface area contributed by atoms with Crippen molar-refractivity contribution in [3.05, 3.63) is 93.0 Å². The van der Waals surface area contributed by atoms with E-state index in [-0.39, 0.29) is 11.1 Å².